The normalized spacial score (nSPS) is 12.7. The second-order valence-corrected chi connectivity index (χ2v) is 8.95. The van der Waals surface area contributed by atoms with Gasteiger partial charge in [-0.2, -0.15) is 0 Å². The molecule has 10 heteroatoms. The van der Waals surface area contributed by atoms with Crippen molar-refractivity contribution in [3.05, 3.63) is 60.3 Å². The maximum atomic E-state index is 12.7. The highest BCUT2D eigenvalue weighted by Gasteiger charge is 2.20. The Balaban J connectivity index is 1.67. The Morgan fingerprint density at radius 2 is 2.04 bits per heavy atom. The third-order valence-electron chi connectivity index (χ3n) is 3.61. The molecule has 0 saturated heterocycles. The Bertz CT molecular complexity index is 1010. The van der Waals surface area contributed by atoms with Gasteiger partial charge in [-0.15, -0.1) is 10.2 Å². The van der Waals surface area contributed by atoms with Crippen LogP contribution in [0, 0.1) is 0 Å². The number of nitrogens with one attached hydrogen (secondary N) is 1. The van der Waals surface area contributed by atoms with Crippen molar-refractivity contribution in [2.75, 3.05) is 11.0 Å². The number of furan rings is 1. The Labute approximate surface area is 161 Å². The number of carbonyl (C=O) groups is 1. The van der Waals surface area contributed by atoms with Crippen molar-refractivity contribution in [2.45, 2.75) is 23.9 Å². The molecular formula is C17H18N4O4S2. The molecule has 2 heterocycles. The van der Waals surface area contributed by atoms with Crippen molar-refractivity contribution >= 4 is 33.3 Å². The predicted octanol–water partition coefficient (Wildman–Crippen LogP) is 2.65. The van der Waals surface area contributed by atoms with Crippen molar-refractivity contribution in [2.24, 2.45) is 0 Å². The predicted molar refractivity (Wildman–Crippen MR) is 102 cm³/mol. The standard InChI is InChI=1S/C17H18N4O4S2/c1-12(16(22)13-5-7-14(8-6-13)20-27(2,23)24)26-17-19-18-11-21(17)10-15-4-3-9-25-15/h3-9,11-12,20H,10H2,1-2H3. The number of Topliss-reactive ketones (excluding diaryl/α,β-unsaturated/α-hetero) is 1. The van der Waals surface area contributed by atoms with Gasteiger partial charge in [0.1, 0.15) is 12.1 Å². The minimum absolute atomic E-state index is 0.0848. The number of nitrogens with zero attached hydrogens (tertiary/aromatic N) is 3. The number of rotatable bonds is 8. The molecule has 3 aromatic rings. The molecule has 0 spiro atoms. The maximum Gasteiger partial charge on any atom is 0.229 e. The lowest BCUT2D eigenvalue weighted by molar-refractivity contribution is 0.0994. The zero-order valence-electron chi connectivity index (χ0n) is 14.7. The van der Waals surface area contributed by atoms with Crippen LogP contribution in [0.4, 0.5) is 5.69 Å². The fraction of sp³-hybridized carbons (Fsp3) is 0.235. The van der Waals surface area contributed by atoms with Crippen LogP contribution in [0.3, 0.4) is 0 Å². The van der Waals surface area contributed by atoms with Gasteiger partial charge in [-0.05, 0) is 43.3 Å². The third kappa shape index (κ3) is 5.20. The van der Waals surface area contributed by atoms with Gasteiger partial charge in [-0.1, -0.05) is 11.8 Å². The summed E-state index contributed by atoms with van der Waals surface area (Å²) in [5, 5.41) is 8.20. The molecule has 0 saturated carbocycles. The largest absolute Gasteiger partial charge is 0.467 e. The summed E-state index contributed by atoms with van der Waals surface area (Å²) in [6, 6.07) is 9.98. The van der Waals surface area contributed by atoms with Crippen LogP contribution in [0.25, 0.3) is 0 Å². The van der Waals surface area contributed by atoms with Crippen molar-refractivity contribution in [1.82, 2.24) is 14.8 Å². The lowest BCUT2D eigenvalue weighted by Gasteiger charge is -2.11. The van der Waals surface area contributed by atoms with E-state index in [0.29, 0.717) is 23.0 Å². The first-order valence-electron chi connectivity index (χ1n) is 8.01. The summed E-state index contributed by atoms with van der Waals surface area (Å²) >= 11 is 1.30. The molecule has 1 aromatic carbocycles. The molecule has 0 radical (unpaired) electrons. The average Bonchev–Trinajstić information content (AvgIpc) is 3.26. The smallest absolute Gasteiger partial charge is 0.229 e. The fourth-order valence-electron chi connectivity index (χ4n) is 2.38. The molecule has 1 atom stereocenters. The monoisotopic (exact) mass is 406 g/mol. The summed E-state index contributed by atoms with van der Waals surface area (Å²) in [4.78, 5) is 12.7. The maximum absolute atomic E-state index is 12.7. The number of carbonyl (C=O) groups excluding carboxylic acids is 1. The minimum atomic E-state index is -3.35. The van der Waals surface area contributed by atoms with Crippen LogP contribution in [-0.4, -0.2) is 40.5 Å². The van der Waals surface area contributed by atoms with E-state index in [9.17, 15) is 13.2 Å². The summed E-state index contributed by atoms with van der Waals surface area (Å²) in [5.74, 6) is 0.683. The highest BCUT2D eigenvalue weighted by atomic mass is 32.2. The summed E-state index contributed by atoms with van der Waals surface area (Å²) in [5.41, 5.74) is 0.902. The van der Waals surface area contributed by atoms with Gasteiger partial charge in [0.25, 0.3) is 0 Å². The number of hydrogen-bond acceptors (Lipinski definition) is 7. The minimum Gasteiger partial charge on any atom is -0.467 e. The third-order valence-corrected chi connectivity index (χ3v) is 5.31. The number of ketones is 1. The molecule has 0 aliphatic heterocycles. The van der Waals surface area contributed by atoms with Crippen molar-refractivity contribution in [3.63, 3.8) is 0 Å². The van der Waals surface area contributed by atoms with Crippen molar-refractivity contribution < 1.29 is 17.6 Å². The molecule has 0 fully saturated rings. The highest BCUT2D eigenvalue weighted by molar-refractivity contribution is 8.00. The van der Waals surface area contributed by atoms with Gasteiger partial charge in [-0.25, -0.2) is 8.42 Å². The lowest BCUT2D eigenvalue weighted by atomic mass is 10.1. The summed E-state index contributed by atoms with van der Waals surface area (Å²) < 4.78 is 32.0. The van der Waals surface area contributed by atoms with Crippen LogP contribution < -0.4 is 4.72 Å². The van der Waals surface area contributed by atoms with E-state index in [1.54, 1.807) is 49.8 Å². The van der Waals surface area contributed by atoms with E-state index in [2.05, 4.69) is 14.9 Å². The number of thioether (sulfide) groups is 1. The first kappa shape index (κ1) is 19.2. The van der Waals surface area contributed by atoms with E-state index in [1.165, 1.54) is 11.8 Å². The molecule has 0 amide bonds. The topological polar surface area (TPSA) is 107 Å². The molecule has 1 unspecified atom stereocenters. The zero-order chi connectivity index (χ0) is 19.4. The molecule has 8 nitrogen and oxygen atoms in total. The van der Waals surface area contributed by atoms with E-state index >= 15 is 0 Å². The molecule has 0 aliphatic rings. The van der Waals surface area contributed by atoms with Gasteiger partial charge in [0.15, 0.2) is 10.9 Å². The van der Waals surface area contributed by atoms with E-state index in [4.69, 9.17) is 4.42 Å². The number of aromatic nitrogens is 3. The Morgan fingerprint density at radius 1 is 1.30 bits per heavy atom. The van der Waals surface area contributed by atoms with Crippen LogP contribution in [0.15, 0.2) is 58.6 Å². The van der Waals surface area contributed by atoms with E-state index in [1.807, 2.05) is 10.6 Å². The molecule has 3 rings (SSSR count). The number of sulfonamides is 1. The number of anilines is 1. The quantitative estimate of drug-likeness (QED) is 0.453. The lowest BCUT2D eigenvalue weighted by Crippen LogP contribution is -2.15. The first-order valence-corrected chi connectivity index (χ1v) is 10.8. The average molecular weight is 406 g/mol. The SMILES string of the molecule is CC(Sc1nncn1Cc1ccco1)C(=O)c1ccc(NS(C)(=O)=O)cc1. The molecule has 1 N–H and O–H groups in total. The van der Waals surface area contributed by atoms with Crippen LogP contribution >= 0.6 is 11.8 Å². The summed E-state index contributed by atoms with van der Waals surface area (Å²) in [6.07, 6.45) is 4.26. The van der Waals surface area contributed by atoms with Crippen LogP contribution in [0.1, 0.15) is 23.0 Å². The fourth-order valence-corrected chi connectivity index (χ4v) is 3.84. The molecule has 0 bridgehead atoms. The van der Waals surface area contributed by atoms with Crippen molar-refractivity contribution in [3.8, 4) is 0 Å². The van der Waals surface area contributed by atoms with Crippen LogP contribution in [0.2, 0.25) is 0 Å². The second-order valence-electron chi connectivity index (χ2n) is 5.90. The summed E-state index contributed by atoms with van der Waals surface area (Å²) in [6.45, 7) is 2.27. The highest BCUT2D eigenvalue weighted by Crippen LogP contribution is 2.25. The van der Waals surface area contributed by atoms with E-state index < -0.39 is 15.3 Å². The van der Waals surface area contributed by atoms with E-state index in [0.717, 1.165) is 12.0 Å². The van der Waals surface area contributed by atoms with Gasteiger partial charge in [0.2, 0.25) is 10.0 Å². The molecule has 27 heavy (non-hydrogen) atoms. The molecular weight excluding hydrogens is 388 g/mol. The second kappa shape index (κ2) is 7.97. The number of benzene rings is 1. The Kier molecular flexibility index (Phi) is 5.66. The Morgan fingerprint density at radius 3 is 2.67 bits per heavy atom. The van der Waals surface area contributed by atoms with Crippen molar-refractivity contribution in [1.29, 1.82) is 0 Å². The molecule has 2 aromatic heterocycles. The number of hydrogen-bond donors (Lipinski definition) is 1. The van der Waals surface area contributed by atoms with E-state index in [-0.39, 0.29) is 5.78 Å². The van der Waals surface area contributed by atoms with Crippen LogP contribution in [0.5, 0.6) is 0 Å². The Hall–Kier alpha value is -2.59. The zero-order valence-corrected chi connectivity index (χ0v) is 16.3. The first-order chi connectivity index (χ1) is 12.8. The molecule has 0 aliphatic carbocycles. The van der Waals surface area contributed by atoms with Gasteiger partial charge >= 0.3 is 0 Å². The van der Waals surface area contributed by atoms with Gasteiger partial charge in [0.05, 0.1) is 24.3 Å². The van der Waals surface area contributed by atoms with Crippen LogP contribution in [-0.2, 0) is 16.6 Å². The van der Waals surface area contributed by atoms with Gasteiger partial charge < -0.3 is 8.98 Å². The van der Waals surface area contributed by atoms with Gasteiger partial charge in [0, 0.05) is 11.3 Å². The molecule has 142 valence electrons. The summed E-state index contributed by atoms with van der Waals surface area (Å²) in [7, 11) is -3.35. The van der Waals surface area contributed by atoms with Gasteiger partial charge in [-0.3, -0.25) is 9.52 Å².